The summed E-state index contributed by atoms with van der Waals surface area (Å²) in [6.07, 6.45) is 0. The van der Waals surface area contributed by atoms with Crippen LogP contribution in [0.3, 0.4) is 0 Å². The van der Waals surface area contributed by atoms with E-state index in [9.17, 15) is 0 Å². The van der Waals surface area contributed by atoms with E-state index in [1.165, 1.54) is 0 Å². The van der Waals surface area contributed by atoms with E-state index >= 15 is 0 Å². The molecule has 8 heteroatoms. The first-order valence-corrected chi connectivity index (χ1v) is 8.73. The Labute approximate surface area is 160 Å². The molecule has 0 bridgehead atoms. The number of aromatic amines is 1. The Bertz CT molecular complexity index is 938. The lowest BCUT2D eigenvalue weighted by Crippen LogP contribution is -2.16. The molecule has 2 N–H and O–H groups in total. The maximum absolute atomic E-state index is 6.20. The summed E-state index contributed by atoms with van der Waals surface area (Å²) < 4.78 is 8.19. The first-order chi connectivity index (χ1) is 12.0. The zero-order valence-electron chi connectivity index (χ0n) is 13.4. The molecule has 1 aromatic heterocycles. The van der Waals surface area contributed by atoms with Gasteiger partial charge in [-0.25, -0.2) is 4.68 Å². The van der Waals surface area contributed by atoms with Crippen molar-refractivity contribution < 1.29 is 4.74 Å². The highest BCUT2D eigenvalue weighted by atomic mass is 35.5. The van der Waals surface area contributed by atoms with Gasteiger partial charge < -0.3 is 10.2 Å². The van der Waals surface area contributed by atoms with Crippen LogP contribution in [0.25, 0.3) is 0 Å². The number of hydrogen-bond donors (Lipinski definition) is 2. The molecule has 130 valence electrons. The van der Waals surface area contributed by atoms with Crippen molar-refractivity contribution in [1.29, 1.82) is 0 Å². The molecule has 0 amide bonds. The number of rotatable bonds is 6. The lowest BCUT2D eigenvalue weighted by Gasteiger charge is -2.14. The van der Waals surface area contributed by atoms with E-state index in [-0.39, 0.29) is 0 Å². The topological polar surface area (TPSA) is 54.9 Å². The van der Waals surface area contributed by atoms with Crippen molar-refractivity contribution in [3.05, 3.63) is 74.2 Å². The van der Waals surface area contributed by atoms with Gasteiger partial charge >= 0.3 is 0 Å². The molecule has 0 aliphatic carbocycles. The molecule has 0 unspecified atom stereocenters. The van der Waals surface area contributed by atoms with E-state index in [0.717, 1.165) is 22.7 Å². The number of benzene rings is 2. The third-order valence-electron chi connectivity index (χ3n) is 3.64. The molecule has 25 heavy (non-hydrogen) atoms. The Morgan fingerprint density at radius 3 is 2.72 bits per heavy atom. The van der Waals surface area contributed by atoms with Crippen molar-refractivity contribution in [3.8, 4) is 5.75 Å². The van der Waals surface area contributed by atoms with Crippen LogP contribution < -0.4 is 10.2 Å². The van der Waals surface area contributed by atoms with Gasteiger partial charge in [-0.1, -0.05) is 47.5 Å². The molecule has 5 nitrogen and oxygen atoms in total. The molecule has 0 aliphatic heterocycles. The maximum atomic E-state index is 6.20. The zero-order chi connectivity index (χ0) is 17.8. The molecule has 0 saturated heterocycles. The number of nitrogens with one attached hydrogen (secondary N) is 2. The lowest BCUT2D eigenvalue weighted by atomic mass is 10.2. The van der Waals surface area contributed by atoms with Gasteiger partial charge in [0.25, 0.3) is 0 Å². The van der Waals surface area contributed by atoms with Gasteiger partial charge in [-0.3, -0.25) is 5.10 Å². The number of aromatic nitrogens is 3. The fourth-order valence-electron chi connectivity index (χ4n) is 2.31. The fourth-order valence-corrected chi connectivity index (χ4v) is 3.02. The van der Waals surface area contributed by atoms with Gasteiger partial charge in [0.15, 0.2) is 0 Å². The van der Waals surface area contributed by atoms with Crippen LogP contribution in [0.1, 0.15) is 17.0 Å². The second-order valence-corrected chi connectivity index (χ2v) is 6.61. The quantitative estimate of drug-likeness (QED) is 0.585. The first kappa shape index (κ1) is 17.8. The summed E-state index contributed by atoms with van der Waals surface area (Å²) in [7, 11) is 0. The smallest absolute Gasteiger partial charge is 0.214 e. The molecule has 0 atom stereocenters. The largest absolute Gasteiger partial charge is 0.488 e. The molecule has 0 radical (unpaired) electrons. The second-order valence-electron chi connectivity index (χ2n) is 5.38. The predicted octanol–water partition coefficient (Wildman–Crippen LogP) is 4.88. The summed E-state index contributed by atoms with van der Waals surface area (Å²) in [4.78, 5) is 0. The molecular formula is C17H16Cl2N4OS. The number of nitrogens with zero attached hydrogens (tertiary/aromatic N) is 2. The Morgan fingerprint density at radius 1 is 1.20 bits per heavy atom. The SMILES string of the molecule is Cc1n[nH]c(=S)n1NCc1ccccc1OCc1ccc(Cl)cc1Cl. The number of hydrogen-bond acceptors (Lipinski definition) is 4. The van der Waals surface area contributed by atoms with Gasteiger partial charge in [-0.2, -0.15) is 5.10 Å². The lowest BCUT2D eigenvalue weighted by molar-refractivity contribution is 0.303. The Morgan fingerprint density at radius 2 is 2.00 bits per heavy atom. The van der Waals surface area contributed by atoms with E-state index in [0.29, 0.717) is 28.0 Å². The highest BCUT2D eigenvalue weighted by molar-refractivity contribution is 7.71. The predicted molar refractivity (Wildman–Crippen MR) is 102 cm³/mol. The Kier molecular flexibility index (Phi) is 5.63. The van der Waals surface area contributed by atoms with Crippen LogP contribution in [-0.4, -0.2) is 14.9 Å². The summed E-state index contributed by atoms with van der Waals surface area (Å²) in [5.41, 5.74) is 5.10. The number of halogens is 2. The number of H-pyrrole nitrogens is 1. The van der Waals surface area contributed by atoms with Crippen LogP contribution >= 0.6 is 35.4 Å². The average Bonchev–Trinajstić information content (AvgIpc) is 2.91. The minimum Gasteiger partial charge on any atom is -0.488 e. The maximum Gasteiger partial charge on any atom is 0.214 e. The van der Waals surface area contributed by atoms with Crippen LogP contribution in [0.4, 0.5) is 0 Å². The van der Waals surface area contributed by atoms with Crippen molar-refractivity contribution >= 4 is 35.4 Å². The van der Waals surface area contributed by atoms with Crippen molar-refractivity contribution in [2.75, 3.05) is 5.43 Å². The van der Waals surface area contributed by atoms with Gasteiger partial charge in [0.1, 0.15) is 18.2 Å². The summed E-state index contributed by atoms with van der Waals surface area (Å²) >= 11 is 17.3. The van der Waals surface area contributed by atoms with Gasteiger partial charge in [0, 0.05) is 21.2 Å². The third-order valence-corrected chi connectivity index (χ3v) is 4.50. The highest BCUT2D eigenvalue weighted by Gasteiger charge is 2.07. The fraction of sp³-hybridized carbons (Fsp3) is 0.176. The first-order valence-electron chi connectivity index (χ1n) is 7.57. The number of para-hydroxylation sites is 1. The molecule has 2 aromatic carbocycles. The second kappa shape index (κ2) is 7.91. The van der Waals surface area contributed by atoms with E-state index in [1.807, 2.05) is 37.3 Å². The third kappa shape index (κ3) is 4.34. The average molecular weight is 395 g/mol. The molecule has 1 heterocycles. The molecule has 3 rings (SSSR count). The van der Waals surface area contributed by atoms with Gasteiger partial charge in [0.05, 0.1) is 6.54 Å². The summed E-state index contributed by atoms with van der Waals surface area (Å²) in [6, 6.07) is 13.2. The normalized spacial score (nSPS) is 10.7. The van der Waals surface area contributed by atoms with E-state index in [2.05, 4.69) is 15.6 Å². The van der Waals surface area contributed by atoms with Crippen LogP contribution in [0.15, 0.2) is 42.5 Å². The van der Waals surface area contributed by atoms with Crippen molar-refractivity contribution in [2.24, 2.45) is 0 Å². The van der Waals surface area contributed by atoms with Gasteiger partial charge in [0.2, 0.25) is 4.77 Å². The minimum atomic E-state index is 0.358. The molecule has 0 aliphatic rings. The van der Waals surface area contributed by atoms with Gasteiger partial charge in [-0.15, -0.1) is 0 Å². The van der Waals surface area contributed by atoms with Crippen molar-refractivity contribution in [2.45, 2.75) is 20.1 Å². The van der Waals surface area contributed by atoms with Gasteiger partial charge in [-0.05, 0) is 37.3 Å². The Balaban J connectivity index is 1.71. The van der Waals surface area contributed by atoms with E-state index < -0.39 is 0 Å². The Hall–Kier alpha value is -2.02. The number of aryl methyl sites for hydroxylation is 1. The highest BCUT2D eigenvalue weighted by Crippen LogP contribution is 2.24. The summed E-state index contributed by atoms with van der Waals surface area (Å²) in [5, 5.41) is 8.00. The molecule has 3 aromatic rings. The van der Waals surface area contributed by atoms with E-state index in [1.54, 1.807) is 16.8 Å². The van der Waals surface area contributed by atoms with Crippen LogP contribution in [0.2, 0.25) is 10.0 Å². The summed E-state index contributed by atoms with van der Waals surface area (Å²) in [6.45, 7) is 2.76. The summed E-state index contributed by atoms with van der Waals surface area (Å²) in [5.74, 6) is 1.53. The van der Waals surface area contributed by atoms with Crippen molar-refractivity contribution in [3.63, 3.8) is 0 Å². The molecular weight excluding hydrogens is 379 g/mol. The number of ether oxygens (including phenoxy) is 1. The molecule has 0 spiro atoms. The van der Waals surface area contributed by atoms with Crippen LogP contribution in [-0.2, 0) is 13.2 Å². The molecule has 0 fully saturated rings. The molecule has 0 saturated carbocycles. The van der Waals surface area contributed by atoms with Crippen LogP contribution in [0, 0.1) is 11.7 Å². The monoisotopic (exact) mass is 394 g/mol. The zero-order valence-corrected chi connectivity index (χ0v) is 15.8. The minimum absolute atomic E-state index is 0.358. The van der Waals surface area contributed by atoms with Crippen LogP contribution in [0.5, 0.6) is 5.75 Å². The standard InChI is InChI=1S/C17H16Cl2N4OS/c1-11-21-22-17(25)23(11)20-9-12-4-2-3-5-16(12)24-10-13-6-7-14(18)8-15(13)19/h2-8,20H,9-10H2,1H3,(H,22,25). The van der Waals surface area contributed by atoms with E-state index in [4.69, 9.17) is 40.2 Å². The van der Waals surface area contributed by atoms with Crippen molar-refractivity contribution in [1.82, 2.24) is 14.9 Å².